The van der Waals surface area contributed by atoms with E-state index in [2.05, 4.69) is 9.71 Å². The van der Waals surface area contributed by atoms with Crippen LogP contribution in [-0.4, -0.2) is 13.4 Å². The molecule has 108 valence electrons. The fourth-order valence-electron chi connectivity index (χ4n) is 1.56. The van der Waals surface area contributed by atoms with Crippen LogP contribution < -0.4 is 4.72 Å². The molecule has 0 spiro atoms. The van der Waals surface area contributed by atoms with Crippen LogP contribution in [0.4, 0.5) is 4.39 Å². The fraction of sp³-hybridized carbons (Fsp3) is 0.250. The molecular formula is C12H12ClFN2O2S2. The molecule has 20 heavy (non-hydrogen) atoms. The zero-order valence-electron chi connectivity index (χ0n) is 10.6. The molecule has 2 aromatic rings. The quantitative estimate of drug-likeness (QED) is 0.914. The van der Waals surface area contributed by atoms with Crippen LogP contribution in [0.3, 0.4) is 0 Å². The number of nitrogens with zero attached hydrogens (tertiary/aromatic N) is 1. The van der Waals surface area contributed by atoms with Gasteiger partial charge in [-0.2, -0.15) is 0 Å². The summed E-state index contributed by atoms with van der Waals surface area (Å²) in [6.07, 6.45) is 1.67. The lowest BCUT2D eigenvalue weighted by Crippen LogP contribution is -2.25. The molecule has 0 unspecified atom stereocenters. The third-order valence-corrected chi connectivity index (χ3v) is 4.89. The Balaban J connectivity index is 2.05. The van der Waals surface area contributed by atoms with Gasteiger partial charge in [0.2, 0.25) is 10.0 Å². The second-order valence-electron chi connectivity index (χ2n) is 4.18. The molecule has 2 rings (SSSR count). The Morgan fingerprint density at radius 2 is 2.20 bits per heavy atom. The van der Waals surface area contributed by atoms with Crippen molar-refractivity contribution in [3.8, 4) is 0 Å². The van der Waals surface area contributed by atoms with Crippen LogP contribution in [0.5, 0.6) is 0 Å². The van der Waals surface area contributed by atoms with E-state index in [1.807, 2.05) is 6.92 Å². The monoisotopic (exact) mass is 334 g/mol. The number of hydrogen-bond donors (Lipinski definition) is 1. The second kappa shape index (κ2) is 6.17. The van der Waals surface area contributed by atoms with Crippen LogP contribution in [0.1, 0.15) is 15.4 Å². The van der Waals surface area contributed by atoms with E-state index in [1.54, 1.807) is 6.20 Å². The number of thiazole rings is 1. The topological polar surface area (TPSA) is 59.1 Å². The summed E-state index contributed by atoms with van der Waals surface area (Å²) < 4.78 is 39.7. The van der Waals surface area contributed by atoms with Crippen LogP contribution in [0, 0.1) is 12.7 Å². The van der Waals surface area contributed by atoms with Gasteiger partial charge in [-0.25, -0.2) is 22.5 Å². The van der Waals surface area contributed by atoms with Crippen LogP contribution in [-0.2, 0) is 22.3 Å². The molecule has 0 amide bonds. The Hall–Kier alpha value is -1.02. The molecule has 0 aliphatic heterocycles. The van der Waals surface area contributed by atoms with Crippen molar-refractivity contribution in [2.24, 2.45) is 0 Å². The maximum atomic E-state index is 13.5. The summed E-state index contributed by atoms with van der Waals surface area (Å²) in [5.41, 5.74) is 0.0420. The maximum Gasteiger partial charge on any atom is 0.216 e. The van der Waals surface area contributed by atoms with Crippen molar-refractivity contribution in [1.29, 1.82) is 0 Å². The first-order chi connectivity index (χ1) is 9.35. The molecule has 1 aromatic heterocycles. The molecular weight excluding hydrogens is 323 g/mol. The molecule has 0 aliphatic rings. The third-order valence-electron chi connectivity index (χ3n) is 2.47. The fourth-order valence-corrected chi connectivity index (χ4v) is 3.67. The standard InChI is InChI=1S/C12H12ClFN2O2S2/c1-8-5-15-12(19-8)6-16-20(17,18)7-9-4-10(13)2-3-11(9)14/h2-5,16H,6-7H2,1H3. The van der Waals surface area contributed by atoms with Gasteiger partial charge in [-0.05, 0) is 25.1 Å². The zero-order valence-corrected chi connectivity index (χ0v) is 12.9. The number of benzene rings is 1. The number of rotatable bonds is 5. The number of aryl methyl sites for hydroxylation is 1. The molecule has 0 bridgehead atoms. The molecule has 1 aromatic carbocycles. The van der Waals surface area contributed by atoms with Gasteiger partial charge in [-0.1, -0.05) is 11.6 Å². The largest absolute Gasteiger partial charge is 0.248 e. The van der Waals surface area contributed by atoms with Crippen LogP contribution >= 0.6 is 22.9 Å². The maximum absolute atomic E-state index is 13.5. The highest BCUT2D eigenvalue weighted by Gasteiger charge is 2.15. The minimum atomic E-state index is -3.64. The van der Waals surface area contributed by atoms with Crippen molar-refractivity contribution < 1.29 is 12.8 Å². The molecule has 0 saturated heterocycles. The first-order valence-corrected chi connectivity index (χ1v) is 8.53. The predicted molar refractivity (Wildman–Crippen MR) is 77.7 cm³/mol. The molecule has 0 radical (unpaired) electrons. The van der Waals surface area contributed by atoms with Gasteiger partial charge in [0.05, 0.1) is 12.3 Å². The van der Waals surface area contributed by atoms with Gasteiger partial charge in [0, 0.05) is 21.7 Å². The molecule has 0 atom stereocenters. The minimum Gasteiger partial charge on any atom is -0.248 e. The van der Waals surface area contributed by atoms with E-state index in [9.17, 15) is 12.8 Å². The normalized spacial score (nSPS) is 11.8. The number of aromatic nitrogens is 1. The molecule has 1 heterocycles. The van der Waals surface area contributed by atoms with Crippen LogP contribution in [0.2, 0.25) is 5.02 Å². The molecule has 0 saturated carbocycles. The van der Waals surface area contributed by atoms with E-state index in [1.165, 1.54) is 23.5 Å². The first kappa shape index (κ1) is 15.4. The SMILES string of the molecule is Cc1cnc(CNS(=O)(=O)Cc2cc(Cl)ccc2F)s1. The Morgan fingerprint density at radius 1 is 1.45 bits per heavy atom. The average Bonchev–Trinajstić information content (AvgIpc) is 2.77. The summed E-state index contributed by atoms with van der Waals surface area (Å²) >= 11 is 7.14. The highest BCUT2D eigenvalue weighted by molar-refractivity contribution is 7.88. The van der Waals surface area contributed by atoms with Crippen molar-refractivity contribution in [2.75, 3.05) is 0 Å². The van der Waals surface area contributed by atoms with Gasteiger partial charge in [-0.15, -0.1) is 11.3 Å². The van der Waals surface area contributed by atoms with Crippen molar-refractivity contribution in [3.63, 3.8) is 0 Å². The van der Waals surface area contributed by atoms with E-state index in [-0.39, 0.29) is 12.1 Å². The Morgan fingerprint density at radius 3 is 2.85 bits per heavy atom. The van der Waals surface area contributed by atoms with Crippen molar-refractivity contribution in [3.05, 3.63) is 50.7 Å². The summed E-state index contributed by atoms with van der Waals surface area (Å²) in [6, 6.07) is 3.83. The summed E-state index contributed by atoms with van der Waals surface area (Å²) in [7, 11) is -3.64. The lowest BCUT2D eigenvalue weighted by molar-refractivity contribution is 0.574. The van der Waals surface area contributed by atoms with Crippen LogP contribution in [0.15, 0.2) is 24.4 Å². The Labute approximate surface area is 125 Å². The van der Waals surface area contributed by atoms with Crippen LogP contribution in [0.25, 0.3) is 0 Å². The van der Waals surface area contributed by atoms with E-state index in [4.69, 9.17) is 11.6 Å². The summed E-state index contributed by atoms with van der Waals surface area (Å²) in [6.45, 7) is 1.99. The molecule has 4 nitrogen and oxygen atoms in total. The highest BCUT2D eigenvalue weighted by atomic mass is 35.5. The molecule has 0 fully saturated rings. The minimum absolute atomic E-state index is 0.0420. The number of halogens is 2. The van der Waals surface area contributed by atoms with Gasteiger partial charge in [0.15, 0.2) is 0 Å². The lowest BCUT2D eigenvalue weighted by Gasteiger charge is -2.06. The Kier molecular flexibility index (Phi) is 4.74. The van der Waals surface area contributed by atoms with Gasteiger partial charge in [0.1, 0.15) is 10.8 Å². The van der Waals surface area contributed by atoms with Gasteiger partial charge < -0.3 is 0 Å². The summed E-state index contributed by atoms with van der Waals surface area (Å²) in [5.74, 6) is -1.05. The second-order valence-corrected chi connectivity index (χ2v) is 7.74. The van der Waals surface area contributed by atoms with E-state index >= 15 is 0 Å². The lowest BCUT2D eigenvalue weighted by atomic mass is 10.2. The van der Waals surface area contributed by atoms with Gasteiger partial charge in [-0.3, -0.25) is 0 Å². The Bertz CT molecular complexity index is 716. The third kappa shape index (κ3) is 4.24. The van der Waals surface area contributed by atoms with E-state index in [0.29, 0.717) is 10.0 Å². The number of hydrogen-bond acceptors (Lipinski definition) is 4. The number of sulfonamides is 1. The highest BCUT2D eigenvalue weighted by Crippen LogP contribution is 2.17. The summed E-state index contributed by atoms with van der Waals surface area (Å²) in [4.78, 5) is 5.05. The van der Waals surface area contributed by atoms with Crippen molar-refractivity contribution in [2.45, 2.75) is 19.2 Å². The number of nitrogens with one attached hydrogen (secondary N) is 1. The smallest absolute Gasteiger partial charge is 0.216 e. The van der Waals surface area contributed by atoms with E-state index < -0.39 is 21.6 Å². The summed E-state index contributed by atoms with van der Waals surface area (Å²) in [5, 5.41) is 0.963. The van der Waals surface area contributed by atoms with Crippen molar-refractivity contribution in [1.82, 2.24) is 9.71 Å². The van der Waals surface area contributed by atoms with E-state index in [0.717, 1.165) is 10.9 Å². The molecule has 8 heteroatoms. The molecule has 0 aliphatic carbocycles. The zero-order chi connectivity index (χ0) is 14.8. The average molecular weight is 335 g/mol. The predicted octanol–water partition coefficient (Wildman–Crippen LogP) is 2.86. The molecule has 1 N–H and O–H groups in total. The van der Waals surface area contributed by atoms with Crippen molar-refractivity contribution >= 4 is 33.0 Å². The van der Waals surface area contributed by atoms with Gasteiger partial charge in [0.25, 0.3) is 0 Å². The first-order valence-electron chi connectivity index (χ1n) is 5.68. The van der Waals surface area contributed by atoms with Gasteiger partial charge >= 0.3 is 0 Å².